The summed E-state index contributed by atoms with van der Waals surface area (Å²) >= 11 is 5.73. The number of aliphatic carboxylic acids is 1. The lowest BCUT2D eigenvalue weighted by molar-refractivity contribution is -0.143. The molecular weight excluding hydrogens is 339 g/mol. The quantitative estimate of drug-likeness (QED) is 0.875. The molecule has 0 aromatic heterocycles. The minimum atomic E-state index is -1.16. The van der Waals surface area contributed by atoms with Crippen LogP contribution in [-0.2, 0) is 9.53 Å². The highest BCUT2D eigenvalue weighted by molar-refractivity contribution is 6.30. The lowest BCUT2D eigenvalue weighted by Crippen LogP contribution is -2.57. The van der Waals surface area contributed by atoms with Crippen molar-refractivity contribution in [3.05, 3.63) is 34.6 Å². The standard InChI is InChI=1S/C16H18ClFN2O4/c1-19-6-4-16(5-7-19)20(13(9-24-16)15(22)23)14(21)11-3-2-10(17)8-12(11)18/h2-3,8,13H,4-7,9H2,1H3,(H,22,23)/t13-/m1/s1. The molecule has 8 heteroatoms. The summed E-state index contributed by atoms with van der Waals surface area (Å²) in [4.78, 5) is 27.8. The summed E-state index contributed by atoms with van der Waals surface area (Å²) in [6.45, 7) is 1.23. The van der Waals surface area contributed by atoms with Crippen LogP contribution in [0.3, 0.4) is 0 Å². The number of piperidine rings is 1. The lowest BCUT2D eigenvalue weighted by Gasteiger charge is -2.43. The van der Waals surface area contributed by atoms with Gasteiger partial charge in [-0.15, -0.1) is 0 Å². The largest absolute Gasteiger partial charge is 0.480 e. The van der Waals surface area contributed by atoms with Gasteiger partial charge in [0.05, 0.1) is 12.2 Å². The van der Waals surface area contributed by atoms with Crippen molar-refractivity contribution < 1.29 is 23.8 Å². The number of hydrogen-bond acceptors (Lipinski definition) is 4. The molecule has 0 radical (unpaired) electrons. The van der Waals surface area contributed by atoms with Gasteiger partial charge < -0.3 is 14.7 Å². The van der Waals surface area contributed by atoms with Gasteiger partial charge in [0.1, 0.15) is 11.5 Å². The third-order valence-electron chi connectivity index (χ3n) is 4.69. The summed E-state index contributed by atoms with van der Waals surface area (Å²) in [5.74, 6) is -2.61. The first-order valence-corrected chi connectivity index (χ1v) is 8.06. The van der Waals surface area contributed by atoms with Crippen molar-refractivity contribution in [2.45, 2.75) is 24.6 Å². The van der Waals surface area contributed by atoms with E-state index in [0.717, 1.165) is 6.07 Å². The first-order valence-electron chi connectivity index (χ1n) is 7.68. The normalized spacial score (nSPS) is 23.6. The predicted octanol–water partition coefficient (Wildman–Crippen LogP) is 1.83. The average Bonchev–Trinajstić information content (AvgIpc) is 2.89. The maximum atomic E-state index is 14.2. The number of likely N-dealkylation sites (tertiary alicyclic amines) is 1. The van der Waals surface area contributed by atoms with Crippen molar-refractivity contribution in [2.24, 2.45) is 0 Å². The predicted molar refractivity (Wildman–Crippen MR) is 84.4 cm³/mol. The molecule has 1 atom stereocenters. The zero-order chi connectivity index (χ0) is 17.5. The van der Waals surface area contributed by atoms with Crippen LogP contribution in [0.4, 0.5) is 4.39 Å². The molecule has 1 aromatic rings. The number of amides is 1. The van der Waals surface area contributed by atoms with Crippen LogP contribution in [-0.4, -0.2) is 65.3 Å². The molecular formula is C16H18ClFN2O4. The number of carbonyl (C=O) groups is 2. The Bertz CT molecular complexity index is 676. The number of carboxylic acid groups (broad SMARTS) is 1. The van der Waals surface area contributed by atoms with E-state index in [-0.39, 0.29) is 17.2 Å². The number of rotatable bonds is 2. The second-order valence-electron chi connectivity index (χ2n) is 6.21. The summed E-state index contributed by atoms with van der Waals surface area (Å²) in [7, 11) is 1.95. The van der Waals surface area contributed by atoms with Gasteiger partial charge in [-0.05, 0) is 25.2 Å². The highest BCUT2D eigenvalue weighted by Gasteiger charge is 2.54. The number of nitrogens with zero attached hydrogens (tertiary/aromatic N) is 2. The van der Waals surface area contributed by atoms with Crippen LogP contribution in [0, 0.1) is 5.82 Å². The van der Waals surface area contributed by atoms with Crippen LogP contribution in [0.15, 0.2) is 18.2 Å². The van der Waals surface area contributed by atoms with Crippen molar-refractivity contribution in [1.82, 2.24) is 9.80 Å². The van der Waals surface area contributed by atoms with E-state index in [1.165, 1.54) is 17.0 Å². The second kappa shape index (κ2) is 6.31. The van der Waals surface area contributed by atoms with E-state index in [1.54, 1.807) is 0 Å². The van der Waals surface area contributed by atoms with Crippen molar-refractivity contribution in [2.75, 3.05) is 26.7 Å². The monoisotopic (exact) mass is 356 g/mol. The third kappa shape index (κ3) is 2.87. The first-order chi connectivity index (χ1) is 11.3. The van der Waals surface area contributed by atoms with E-state index < -0.39 is 29.5 Å². The van der Waals surface area contributed by atoms with Gasteiger partial charge in [-0.2, -0.15) is 0 Å². The van der Waals surface area contributed by atoms with E-state index in [0.29, 0.717) is 25.9 Å². The number of ether oxygens (including phenoxy) is 1. The third-order valence-corrected chi connectivity index (χ3v) is 4.93. The van der Waals surface area contributed by atoms with Gasteiger partial charge in [0.15, 0.2) is 6.04 Å². The average molecular weight is 357 g/mol. The van der Waals surface area contributed by atoms with Crippen molar-refractivity contribution in [3.8, 4) is 0 Å². The molecule has 2 aliphatic rings. The lowest BCUT2D eigenvalue weighted by atomic mass is 9.97. The van der Waals surface area contributed by atoms with Gasteiger partial charge in [-0.3, -0.25) is 9.69 Å². The van der Waals surface area contributed by atoms with Gasteiger partial charge in [0.25, 0.3) is 5.91 Å². The SMILES string of the molecule is CN1CCC2(CC1)OC[C@H](C(=O)O)N2C(=O)c1ccc(Cl)cc1F. The maximum absolute atomic E-state index is 14.2. The molecule has 2 saturated heterocycles. The Labute approximate surface area is 143 Å². The molecule has 0 aliphatic carbocycles. The number of benzene rings is 1. The van der Waals surface area contributed by atoms with Crippen molar-refractivity contribution in [3.63, 3.8) is 0 Å². The number of hydrogen-bond donors (Lipinski definition) is 1. The summed E-state index contributed by atoms with van der Waals surface area (Å²) in [6.07, 6.45) is 0.961. The molecule has 6 nitrogen and oxygen atoms in total. The smallest absolute Gasteiger partial charge is 0.328 e. The Morgan fingerprint density at radius 2 is 2.04 bits per heavy atom. The number of halogens is 2. The van der Waals surface area contributed by atoms with Crippen LogP contribution in [0.25, 0.3) is 0 Å². The molecule has 2 fully saturated rings. The Morgan fingerprint density at radius 1 is 1.38 bits per heavy atom. The Morgan fingerprint density at radius 3 is 2.62 bits per heavy atom. The molecule has 130 valence electrons. The maximum Gasteiger partial charge on any atom is 0.328 e. The molecule has 1 N–H and O–H groups in total. The van der Waals surface area contributed by atoms with E-state index in [1.807, 2.05) is 7.05 Å². The molecule has 24 heavy (non-hydrogen) atoms. The van der Waals surface area contributed by atoms with Gasteiger partial charge in [-0.25, -0.2) is 9.18 Å². The molecule has 1 amide bonds. The molecule has 3 rings (SSSR count). The Balaban J connectivity index is 1.98. The molecule has 2 heterocycles. The van der Waals surface area contributed by atoms with Gasteiger partial charge >= 0.3 is 5.97 Å². The van der Waals surface area contributed by atoms with Crippen LogP contribution in [0.1, 0.15) is 23.2 Å². The minimum Gasteiger partial charge on any atom is -0.480 e. The fraction of sp³-hybridized carbons (Fsp3) is 0.500. The van der Waals surface area contributed by atoms with E-state index in [4.69, 9.17) is 16.3 Å². The van der Waals surface area contributed by atoms with E-state index in [2.05, 4.69) is 4.90 Å². The molecule has 0 unspecified atom stereocenters. The summed E-state index contributed by atoms with van der Waals surface area (Å²) < 4.78 is 19.9. The molecule has 1 aromatic carbocycles. The van der Waals surface area contributed by atoms with Crippen molar-refractivity contribution in [1.29, 1.82) is 0 Å². The van der Waals surface area contributed by atoms with Crippen LogP contribution in [0.2, 0.25) is 5.02 Å². The first kappa shape index (κ1) is 17.1. The van der Waals surface area contributed by atoms with Gasteiger partial charge in [0.2, 0.25) is 0 Å². The highest BCUT2D eigenvalue weighted by Crippen LogP contribution is 2.38. The Kier molecular flexibility index (Phi) is 4.50. The molecule has 0 bridgehead atoms. The molecule has 1 spiro atoms. The van der Waals surface area contributed by atoms with E-state index in [9.17, 15) is 19.1 Å². The van der Waals surface area contributed by atoms with Gasteiger partial charge in [-0.1, -0.05) is 11.6 Å². The fourth-order valence-electron chi connectivity index (χ4n) is 3.32. The molecule has 2 aliphatic heterocycles. The van der Waals surface area contributed by atoms with Gasteiger partial charge in [0, 0.05) is 31.0 Å². The van der Waals surface area contributed by atoms with E-state index >= 15 is 0 Å². The van der Waals surface area contributed by atoms with Crippen LogP contribution < -0.4 is 0 Å². The zero-order valence-electron chi connectivity index (χ0n) is 13.2. The highest BCUT2D eigenvalue weighted by atomic mass is 35.5. The topological polar surface area (TPSA) is 70.1 Å². The Hall–Kier alpha value is -1.70. The zero-order valence-corrected chi connectivity index (χ0v) is 13.9. The fourth-order valence-corrected chi connectivity index (χ4v) is 3.48. The number of carboxylic acids is 1. The summed E-state index contributed by atoms with van der Waals surface area (Å²) in [5.41, 5.74) is -1.20. The molecule has 0 saturated carbocycles. The van der Waals surface area contributed by atoms with Crippen LogP contribution >= 0.6 is 11.6 Å². The van der Waals surface area contributed by atoms with Crippen molar-refractivity contribution >= 4 is 23.5 Å². The summed E-state index contributed by atoms with van der Waals surface area (Å²) in [6, 6.07) is 2.60. The minimum absolute atomic E-state index is 0.0972. The second-order valence-corrected chi connectivity index (χ2v) is 6.65. The summed E-state index contributed by atoms with van der Waals surface area (Å²) in [5, 5.41) is 9.63. The number of carbonyl (C=O) groups excluding carboxylic acids is 1. The van der Waals surface area contributed by atoms with Crippen LogP contribution in [0.5, 0.6) is 0 Å².